The van der Waals surface area contributed by atoms with Gasteiger partial charge in [-0.1, -0.05) is 62.4 Å². The Morgan fingerprint density at radius 2 is 1.77 bits per heavy atom. The van der Waals surface area contributed by atoms with Gasteiger partial charge in [0, 0.05) is 19.6 Å². The van der Waals surface area contributed by atoms with E-state index in [0.717, 1.165) is 5.56 Å². The molecule has 2 aromatic rings. The molecule has 0 bridgehead atoms. The first-order valence-electron chi connectivity index (χ1n) is 11.0. The van der Waals surface area contributed by atoms with Crippen molar-refractivity contribution in [1.82, 2.24) is 4.90 Å². The molecular formula is C26H35NO4. The summed E-state index contributed by atoms with van der Waals surface area (Å²) in [4.78, 5) is 2.16. The number of hydrogen-bond donors (Lipinski definition) is 1. The number of fused-ring (bicyclic) bond motifs is 1. The van der Waals surface area contributed by atoms with Crippen LogP contribution in [0.5, 0.6) is 0 Å². The molecule has 0 amide bonds. The van der Waals surface area contributed by atoms with E-state index in [1.54, 1.807) is 0 Å². The molecule has 0 aromatic heterocycles. The Labute approximate surface area is 185 Å². The van der Waals surface area contributed by atoms with Gasteiger partial charge in [0.25, 0.3) is 0 Å². The van der Waals surface area contributed by atoms with Crippen LogP contribution in [0.3, 0.4) is 0 Å². The monoisotopic (exact) mass is 425 g/mol. The summed E-state index contributed by atoms with van der Waals surface area (Å²) in [6, 6.07) is 14.5. The first kappa shape index (κ1) is 23.6. The number of ether oxygens (including phenoxy) is 3. The smallest absolute Gasteiger partial charge is 0.186 e. The van der Waals surface area contributed by atoms with Gasteiger partial charge in [0.05, 0.1) is 13.2 Å². The molecule has 1 N–H and O–H groups in total. The fourth-order valence-corrected chi connectivity index (χ4v) is 3.85. The highest BCUT2D eigenvalue weighted by Crippen LogP contribution is 2.28. The standard InChI is InChI=1S/C26H35NO4/c1-5-13-27(14-6-2)16-23-25(24(28)26(31-23)30-17-19(3)4)29-18-20-11-12-21-9-7-8-10-22(21)15-20/h5-12,15,19,23-26,28H,1-2,13-14,16-18H2,3-4H3. The number of hydrogen-bond acceptors (Lipinski definition) is 5. The normalized spacial score (nSPS) is 23.6. The summed E-state index contributed by atoms with van der Waals surface area (Å²) in [6.45, 7) is 14.7. The van der Waals surface area contributed by atoms with E-state index in [4.69, 9.17) is 14.2 Å². The van der Waals surface area contributed by atoms with Crippen LogP contribution in [0.15, 0.2) is 67.8 Å². The average Bonchev–Trinajstić information content (AvgIpc) is 3.05. The topological polar surface area (TPSA) is 51.2 Å². The zero-order valence-corrected chi connectivity index (χ0v) is 18.7. The summed E-state index contributed by atoms with van der Waals surface area (Å²) in [5.41, 5.74) is 1.06. The fourth-order valence-electron chi connectivity index (χ4n) is 3.85. The third-order valence-electron chi connectivity index (χ3n) is 5.35. The lowest BCUT2D eigenvalue weighted by atomic mass is 10.1. The van der Waals surface area contributed by atoms with E-state index in [0.29, 0.717) is 38.8 Å². The number of rotatable bonds is 12. The van der Waals surface area contributed by atoms with Crippen LogP contribution in [0, 0.1) is 5.92 Å². The van der Waals surface area contributed by atoms with Crippen LogP contribution in [0.4, 0.5) is 0 Å². The molecule has 168 valence electrons. The number of aliphatic hydroxyl groups is 1. The zero-order chi connectivity index (χ0) is 22.2. The van der Waals surface area contributed by atoms with Gasteiger partial charge < -0.3 is 19.3 Å². The van der Waals surface area contributed by atoms with E-state index >= 15 is 0 Å². The van der Waals surface area contributed by atoms with Gasteiger partial charge >= 0.3 is 0 Å². The van der Waals surface area contributed by atoms with Crippen molar-refractivity contribution in [2.75, 3.05) is 26.2 Å². The summed E-state index contributed by atoms with van der Waals surface area (Å²) < 4.78 is 18.2. The Hall–Kier alpha value is -2.02. The predicted molar refractivity (Wildman–Crippen MR) is 125 cm³/mol. The molecule has 0 aliphatic carbocycles. The minimum atomic E-state index is -0.849. The van der Waals surface area contributed by atoms with Crippen LogP contribution >= 0.6 is 0 Å². The first-order chi connectivity index (χ1) is 15.0. The lowest BCUT2D eigenvalue weighted by Gasteiger charge is -2.26. The van der Waals surface area contributed by atoms with E-state index in [-0.39, 0.29) is 6.10 Å². The minimum absolute atomic E-state index is 0.312. The second kappa shape index (κ2) is 11.6. The Balaban J connectivity index is 1.71. The van der Waals surface area contributed by atoms with Crippen LogP contribution in [0.1, 0.15) is 19.4 Å². The van der Waals surface area contributed by atoms with Gasteiger partial charge in [-0.2, -0.15) is 0 Å². The van der Waals surface area contributed by atoms with Gasteiger partial charge in [0.1, 0.15) is 18.3 Å². The molecule has 0 radical (unpaired) electrons. The van der Waals surface area contributed by atoms with Crippen LogP contribution < -0.4 is 0 Å². The molecule has 4 atom stereocenters. The molecule has 1 aliphatic rings. The van der Waals surface area contributed by atoms with E-state index < -0.39 is 18.5 Å². The zero-order valence-electron chi connectivity index (χ0n) is 18.7. The maximum Gasteiger partial charge on any atom is 0.186 e. The van der Waals surface area contributed by atoms with Crippen LogP contribution in [-0.4, -0.2) is 60.8 Å². The summed E-state index contributed by atoms with van der Waals surface area (Å²) in [7, 11) is 0. The van der Waals surface area contributed by atoms with Crippen molar-refractivity contribution in [3.05, 3.63) is 73.3 Å². The molecule has 1 aliphatic heterocycles. The summed E-state index contributed by atoms with van der Waals surface area (Å²) in [6.07, 6.45) is 1.37. The number of nitrogens with zero attached hydrogens (tertiary/aromatic N) is 1. The number of aliphatic hydroxyl groups excluding tert-OH is 1. The molecular weight excluding hydrogens is 390 g/mol. The second-order valence-electron chi connectivity index (χ2n) is 8.51. The van der Waals surface area contributed by atoms with E-state index in [1.165, 1.54) is 10.8 Å². The third kappa shape index (κ3) is 6.48. The maximum atomic E-state index is 10.9. The Morgan fingerprint density at radius 1 is 1.06 bits per heavy atom. The van der Waals surface area contributed by atoms with Crippen LogP contribution in [-0.2, 0) is 20.8 Å². The highest BCUT2D eigenvalue weighted by molar-refractivity contribution is 5.82. The number of benzene rings is 2. The van der Waals surface area contributed by atoms with Crippen molar-refractivity contribution in [2.24, 2.45) is 5.92 Å². The second-order valence-corrected chi connectivity index (χ2v) is 8.51. The van der Waals surface area contributed by atoms with Crippen molar-refractivity contribution in [1.29, 1.82) is 0 Å². The molecule has 1 saturated heterocycles. The van der Waals surface area contributed by atoms with E-state index in [9.17, 15) is 5.11 Å². The van der Waals surface area contributed by atoms with E-state index in [2.05, 4.69) is 62.2 Å². The third-order valence-corrected chi connectivity index (χ3v) is 5.35. The molecule has 31 heavy (non-hydrogen) atoms. The molecule has 5 nitrogen and oxygen atoms in total. The summed E-state index contributed by atoms with van der Waals surface area (Å²) in [5, 5.41) is 13.3. The average molecular weight is 426 g/mol. The molecule has 3 rings (SSSR count). The Kier molecular flexibility index (Phi) is 8.81. The lowest BCUT2D eigenvalue weighted by molar-refractivity contribution is -0.171. The van der Waals surface area contributed by atoms with Crippen molar-refractivity contribution >= 4 is 10.8 Å². The minimum Gasteiger partial charge on any atom is -0.385 e. The Bertz CT molecular complexity index is 842. The van der Waals surface area contributed by atoms with E-state index in [1.807, 2.05) is 24.3 Å². The fraction of sp³-hybridized carbons (Fsp3) is 0.462. The molecule has 5 heteroatoms. The van der Waals surface area contributed by atoms with Crippen LogP contribution in [0.25, 0.3) is 10.8 Å². The van der Waals surface area contributed by atoms with Gasteiger partial charge in [-0.3, -0.25) is 4.90 Å². The van der Waals surface area contributed by atoms with Crippen LogP contribution in [0.2, 0.25) is 0 Å². The van der Waals surface area contributed by atoms with Crippen molar-refractivity contribution in [3.8, 4) is 0 Å². The lowest BCUT2D eigenvalue weighted by Crippen LogP contribution is -2.42. The van der Waals surface area contributed by atoms with Gasteiger partial charge in [-0.25, -0.2) is 0 Å². The quantitative estimate of drug-likeness (QED) is 0.518. The molecule has 1 fully saturated rings. The molecule has 0 saturated carbocycles. The summed E-state index contributed by atoms with van der Waals surface area (Å²) in [5.74, 6) is 0.352. The highest BCUT2D eigenvalue weighted by Gasteiger charge is 2.45. The molecule has 1 heterocycles. The Morgan fingerprint density at radius 3 is 2.45 bits per heavy atom. The highest BCUT2D eigenvalue weighted by atomic mass is 16.7. The SMILES string of the molecule is C=CCN(CC=C)CC1OC(OCC(C)C)C(O)C1OCc1ccc2ccccc2c1. The molecule has 2 aromatic carbocycles. The van der Waals surface area contributed by atoms with Crippen molar-refractivity contribution < 1.29 is 19.3 Å². The largest absolute Gasteiger partial charge is 0.385 e. The maximum absolute atomic E-state index is 10.9. The summed E-state index contributed by atoms with van der Waals surface area (Å²) >= 11 is 0. The van der Waals surface area contributed by atoms with Gasteiger partial charge in [0.15, 0.2) is 6.29 Å². The molecule has 0 spiro atoms. The van der Waals surface area contributed by atoms with Crippen molar-refractivity contribution in [3.63, 3.8) is 0 Å². The molecule has 4 unspecified atom stereocenters. The van der Waals surface area contributed by atoms with Gasteiger partial charge in [0.2, 0.25) is 0 Å². The predicted octanol–water partition coefficient (Wildman–Crippen LogP) is 4.16. The van der Waals surface area contributed by atoms with Gasteiger partial charge in [-0.05, 0) is 28.3 Å². The van der Waals surface area contributed by atoms with Gasteiger partial charge in [-0.15, -0.1) is 13.2 Å². The first-order valence-corrected chi connectivity index (χ1v) is 11.0. The van der Waals surface area contributed by atoms with Crippen molar-refractivity contribution in [2.45, 2.75) is 45.1 Å².